The smallest absolute Gasteiger partial charge is 0.339 e. The number of carbonyl (C=O) groups is 2. The highest BCUT2D eigenvalue weighted by Gasteiger charge is 2.41. The Hall–Kier alpha value is -2.16. The minimum Gasteiger partial charge on any atom is -0.467 e. The Balaban J connectivity index is 1.80. The fourth-order valence-corrected chi connectivity index (χ4v) is 5.05. The number of amides is 1. The molecule has 0 bridgehead atoms. The van der Waals surface area contributed by atoms with Crippen molar-refractivity contribution in [2.75, 3.05) is 24.7 Å². The molecule has 0 spiro atoms. The van der Waals surface area contributed by atoms with Gasteiger partial charge in [-0.2, -0.15) is 5.10 Å². The first-order valence-electron chi connectivity index (χ1n) is 8.89. The van der Waals surface area contributed by atoms with Gasteiger partial charge >= 0.3 is 5.97 Å². The van der Waals surface area contributed by atoms with Gasteiger partial charge in [0.25, 0.3) is 5.91 Å². The maximum atomic E-state index is 13.6. The van der Waals surface area contributed by atoms with Crippen LogP contribution in [0, 0.1) is 0 Å². The van der Waals surface area contributed by atoms with E-state index in [0.717, 1.165) is 11.4 Å². The number of esters is 1. The van der Waals surface area contributed by atoms with Crippen LogP contribution in [0.4, 0.5) is 5.82 Å². The fraction of sp³-hybridized carbons (Fsp3) is 0.316. The van der Waals surface area contributed by atoms with Crippen molar-refractivity contribution < 1.29 is 14.3 Å². The number of ether oxygens (including phenoxy) is 1. The minimum atomic E-state index is -0.665. The molecule has 0 aliphatic carbocycles. The Morgan fingerprint density at radius 2 is 2.07 bits per heavy atom. The highest BCUT2D eigenvalue weighted by atomic mass is 35.5. The molecule has 1 amide bonds. The highest BCUT2D eigenvalue weighted by Crippen LogP contribution is 2.39. The second-order valence-electron chi connectivity index (χ2n) is 6.65. The molecule has 10 heteroatoms. The second kappa shape index (κ2) is 7.93. The predicted octanol–water partition coefficient (Wildman–Crippen LogP) is 3.55. The van der Waals surface area contributed by atoms with Crippen LogP contribution >= 0.6 is 35.0 Å². The van der Waals surface area contributed by atoms with E-state index in [-0.39, 0.29) is 5.91 Å². The molecular weight excluding hydrogens is 435 g/mol. The molecule has 7 nitrogen and oxygen atoms in total. The summed E-state index contributed by atoms with van der Waals surface area (Å²) in [7, 11) is 1.32. The van der Waals surface area contributed by atoms with E-state index in [1.807, 2.05) is 19.1 Å². The molecule has 1 aromatic carbocycles. The van der Waals surface area contributed by atoms with Crippen molar-refractivity contribution in [1.82, 2.24) is 14.7 Å². The number of halogens is 2. The molecule has 152 valence electrons. The zero-order valence-electron chi connectivity index (χ0n) is 15.7. The number of methoxy groups -OCH3 is 1. The average Bonchev–Trinajstić information content (AvgIpc) is 3.37. The number of allylic oxidation sites excluding steroid dienone is 1. The summed E-state index contributed by atoms with van der Waals surface area (Å²) >= 11 is 13.7. The number of anilines is 1. The van der Waals surface area contributed by atoms with Crippen LogP contribution in [-0.4, -0.2) is 51.3 Å². The van der Waals surface area contributed by atoms with Crippen molar-refractivity contribution in [1.29, 1.82) is 0 Å². The average molecular weight is 453 g/mol. The van der Waals surface area contributed by atoms with E-state index in [2.05, 4.69) is 10.4 Å². The Morgan fingerprint density at radius 3 is 2.79 bits per heavy atom. The van der Waals surface area contributed by atoms with Crippen LogP contribution in [0.5, 0.6) is 0 Å². The lowest BCUT2D eigenvalue weighted by Gasteiger charge is -2.33. The molecule has 0 saturated carbocycles. The molecule has 1 fully saturated rings. The second-order valence-corrected chi connectivity index (χ2v) is 8.65. The standard InChI is InChI=1S/C19H18Cl2N4O3S/c1-10-15(17(26)24-7-8-29-18(24)19(27)28-2)16(25-14(23-10)5-6-22-25)11-3-4-12(20)13(21)9-11/h3-6,9,16,18,23H,7-8H2,1-2H3. The Kier molecular flexibility index (Phi) is 5.50. The first kappa shape index (κ1) is 20.1. The number of fused-ring (bicyclic) bond motifs is 1. The van der Waals surface area contributed by atoms with Crippen molar-refractivity contribution in [2.45, 2.75) is 18.3 Å². The Labute approximate surface area is 182 Å². The van der Waals surface area contributed by atoms with Gasteiger partial charge in [0.15, 0.2) is 5.37 Å². The van der Waals surface area contributed by atoms with Gasteiger partial charge in [-0.1, -0.05) is 29.3 Å². The lowest BCUT2D eigenvalue weighted by atomic mass is 9.94. The third-order valence-corrected chi connectivity index (χ3v) is 6.87. The summed E-state index contributed by atoms with van der Waals surface area (Å²) in [5.74, 6) is 0.743. The number of rotatable bonds is 3. The Bertz CT molecular complexity index is 1020. The number of carbonyl (C=O) groups excluding carboxylic acids is 2. The van der Waals surface area contributed by atoms with Crippen LogP contribution in [0.15, 0.2) is 41.7 Å². The first-order valence-corrected chi connectivity index (χ1v) is 10.7. The maximum absolute atomic E-state index is 13.6. The molecule has 2 atom stereocenters. The largest absolute Gasteiger partial charge is 0.467 e. The van der Waals surface area contributed by atoms with Crippen molar-refractivity contribution in [3.8, 4) is 0 Å². The molecule has 1 N–H and O–H groups in total. The summed E-state index contributed by atoms with van der Waals surface area (Å²) in [6.45, 7) is 2.30. The molecule has 29 heavy (non-hydrogen) atoms. The normalized spacial score (nSPS) is 21.0. The third-order valence-electron chi connectivity index (χ3n) is 4.95. The lowest BCUT2D eigenvalue weighted by molar-refractivity contribution is -0.147. The van der Waals surface area contributed by atoms with E-state index in [9.17, 15) is 9.59 Å². The zero-order chi connectivity index (χ0) is 20.7. The molecule has 2 unspecified atom stereocenters. The molecule has 2 aliphatic heterocycles. The van der Waals surface area contributed by atoms with Gasteiger partial charge in [0.2, 0.25) is 0 Å². The number of nitrogens with one attached hydrogen (secondary N) is 1. The first-order chi connectivity index (χ1) is 13.9. The number of hydrogen-bond donors (Lipinski definition) is 1. The van der Waals surface area contributed by atoms with Crippen LogP contribution in [0.2, 0.25) is 10.0 Å². The van der Waals surface area contributed by atoms with E-state index in [1.165, 1.54) is 18.9 Å². The summed E-state index contributed by atoms with van der Waals surface area (Å²) < 4.78 is 6.61. The number of aromatic nitrogens is 2. The number of nitrogens with zero attached hydrogens (tertiary/aromatic N) is 3. The lowest BCUT2D eigenvalue weighted by Crippen LogP contribution is -2.43. The van der Waals surface area contributed by atoms with Crippen LogP contribution in [0.1, 0.15) is 18.5 Å². The molecule has 2 aromatic rings. The van der Waals surface area contributed by atoms with E-state index in [1.54, 1.807) is 27.9 Å². The number of thioether (sulfide) groups is 1. The number of hydrogen-bond acceptors (Lipinski definition) is 6. The van der Waals surface area contributed by atoms with Gasteiger partial charge in [-0.3, -0.25) is 4.79 Å². The van der Waals surface area contributed by atoms with Crippen molar-refractivity contribution in [3.05, 3.63) is 57.3 Å². The van der Waals surface area contributed by atoms with E-state index < -0.39 is 17.4 Å². The van der Waals surface area contributed by atoms with Gasteiger partial charge in [-0.15, -0.1) is 11.8 Å². The van der Waals surface area contributed by atoms with Crippen molar-refractivity contribution in [3.63, 3.8) is 0 Å². The maximum Gasteiger partial charge on any atom is 0.339 e. The molecule has 1 saturated heterocycles. The van der Waals surface area contributed by atoms with Crippen molar-refractivity contribution in [2.24, 2.45) is 0 Å². The van der Waals surface area contributed by atoms with E-state index in [4.69, 9.17) is 27.9 Å². The zero-order valence-corrected chi connectivity index (χ0v) is 18.0. The Morgan fingerprint density at radius 1 is 1.28 bits per heavy atom. The van der Waals surface area contributed by atoms with Gasteiger partial charge in [0, 0.05) is 24.1 Å². The van der Waals surface area contributed by atoms with Gasteiger partial charge in [-0.05, 0) is 24.6 Å². The summed E-state index contributed by atoms with van der Waals surface area (Å²) in [5.41, 5.74) is 1.96. The summed E-state index contributed by atoms with van der Waals surface area (Å²) in [4.78, 5) is 27.3. The van der Waals surface area contributed by atoms with Crippen LogP contribution in [-0.2, 0) is 14.3 Å². The topological polar surface area (TPSA) is 76.5 Å². The summed E-state index contributed by atoms with van der Waals surface area (Å²) in [5, 5.41) is 7.79. The predicted molar refractivity (Wildman–Crippen MR) is 113 cm³/mol. The summed E-state index contributed by atoms with van der Waals surface area (Å²) in [6, 6.07) is 6.59. The molecule has 2 aliphatic rings. The summed E-state index contributed by atoms with van der Waals surface area (Å²) in [6.07, 6.45) is 1.66. The molecular formula is C19H18Cl2N4O3S. The molecule has 4 rings (SSSR count). The van der Waals surface area contributed by atoms with E-state index >= 15 is 0 Å². The SMILES string of the molecule is COC(=O)C1SCCN1C(=O)C1=C(C)Nc2ccnn2C1c1ccc(Cl)c(Cl)c1. The third kappa shape index (κ3) is 3.49. The minimum absolute atomic E-state index is 0.243. The van der Waals surface area contributed by atoms with Gasteiger partial charge in [-0.25, -0.2) is 9.48 Å². The highest BCUT2D eigenvalue weighted by molar-refractivity contribution is 8.00. The van der Waals surface area contributed by atoms with Gasteiger partial charge < -0.3 is 15.0 Å². The molecule has 3 heterocycles. The van der Waals surface area contributed by atoms with Gasteiger partial charge in [0.05, 0.1) is 28.9 Å². The fourth-order valence-electron chi connectivity index (χ4n) is 3.60. The van der Waals surface area contributed by atoms with Crippen LogP contribution in [0.25, 0.3) is 0 Å². The number of benzene rings is 1. The van der Waals surface area contributed by atoms with Crippen LogP contribution in [0.3, 0.4) is 0 Å². The quantitative estimate of drug-likeness (QED) is 0.717. The monoisotopic (exact) mass is 452 g/mol. The van der Waals surface area contributed by atoms with E-state index in [0.29, 0.717) is 33.6 Å². The molecule has 0 radical (unpaired) electrons. The molecule has 1 aromatic heterocycles. The van der Waals surface area contributed by atoms with Gasteiger partial charge in [0.1, 0.15) is 11.9 Å². The van der Waals surface area contributed by atoms with Crippen molar-refractivity contribution >= 4 is 52.7 Å². The van der Waals surface area contributed by atoms with Crippen LogP contribution < -0.4 is 5.32 Å².